The predicted molar refractivity (Wildman–Crippen MR) is 115 cm³/mol. The van der Waals surface area contributed by atoms with Gasteiger partial charge in [-0.15, -0.1) is 6.58 Å². The molecule has 1 aromatic rings. The molecule has 0 amide bonds. The van der Waals surface area contributed by atoms with Crippen LogP contribution in [0.5, 0.6) is 0 Å². The second-order valence-corrected chi connectivity index (χ2v) is 13.3. The zero-order valence-electron chi connectivity index (χ0n) is 15.1. The lowest BCUT2D eigenvalue weighted by Gasteiger charge is -2.38. The molecule has 0 bridgehead atoms. The normalized spacial score (nSPS) is 28.8. The highest BCUT2D eigenvalue weighted by atomic mass is 127. The molecule has 1 saturated heterocycles. The summed E-state index contributed by atoms with van der Waals surface area (Å²) in [5, 5.41) is 2.73. The summed E-state index contributed by atoms with van der Waals surface area (Å²) in [5.41, 5.74) is -0.256. The molecule has 0 N–H and O–H groups in total. The topological polar surface area (TPSA) is 26.3 Å². The van der Waals surface area contributed by atoms with E-state index in [-0.39, 0.29) is 23.2 Å². The van der Waals surface area contributed by atoms with E-state index in [9.17, 15) is 4.79 Å². The van der Waals surface area contributed by atoms with E-state index >= 15 is 0 Å². The lowest BCUT2D eigenvalue weighted by atomic mass is 9.72. The van der Waals surface area contributed by atoms with Crippen molar-refractivity contribution in [2.45, 2.75) is 38.0 Å². The Bertz CT molecular complexity index is 682. The van der Waals surface area contributed by atoms with Gasteiger partial charge in [0.25, 0.3) is 0 Å². The monoisotopic (exact) mass is 466 g/mol. The number of fused-ring (bicyclic) bond motifs is 1. The molecular weight excluding hydrogens is 439 g/mol. The number of hydrogen-bond acceptors (Lipinski definition) is 2. The van der Waals surface area contributed by atoms with Gasteiger partial charge in [0.05, 0.1) is 12.2 Å². The van der Waals surface area contributed by atoms with Gasteiger partial charge in [0.1, 0.15) is 8.07 Å². The lowest BCUT2D eigenvalue weighted by molar-refractivity contribution is -0.118. The number of ether oxygens (including phenoxy) is 1. The van der Waals surface area contributed by atoms with Crippen LogP contribution in [0.1, 0.15) is 19.3 Å². The number of ketones is 1. The van der Waals surface area contributed by atoms with E-state index in [1.165, 1.54) is 10.4 Å². The summed E-state index contributed by atoms with van der Waals surface area (Å²) in [7, 11) is -1.82. The summed E-state index contributed by atoms with van der Waals surface area (Å²) in [5.74, 6) is 0.763. The van der Waals surface area contributed by atoms with Crippen molar-refractivity contribution < 1.29 is 9.53 Å². The molecule has 1 fully saturated rings. The van der Waals surface area contributed by atoms with E-state index in [1.54, 1.807) is 6.08 Å². The van der Waals surface area contributed by atoms with Gasteiger partial charge in [-0.2, -0.15) is 0 Å². The SMILES string of the molecule is C=C([C@@H]1CO[C@]2(CCCI)C=CC(=O)C[C@H]12)[Si](C)(C)c1ccccc1. The molecule has 3 rings (SSSR count). The van der Waals surface area contributed by atoms with Crippen molar-refractivity contribution in [1.29, 1.82) is 0 Å². The summed E-state index contributed by atoms with van der Waals surface area (Å²) >= 11 is 2.42. The molecule has 1 aliphatic heterocycles. The molecule has 4 heteroatoms. The Morgan fingerprint density at radius 2 is 2.08 bits per heavy atom. The van der Waals surface area contributed by atoms with Crippen molar-refractivity contribution in [2.24, 2.45) is 11.8 Å². The van der Waals surface area contributed by atoms with Gasteiger partial charge in [0, 0.05) is 18.3 Å². The molecule has 0 radical (unpaired) electrons. The van der Waals surface area contributed by atoms with E-state index in [2.05, 4.69) is 78.7 Å². The smallest absolute Gasteiger partial charge is 0.155 e. The Morgan fingerprint density at radius 1 is 1.36 bits per heavy atom. The minimum atomic E-state index is -1.82. The quantitative estimate of drug-likeness (QED) is 0.352. The number of carbonyl (C=O) groups excluding carboxylic acids is 1. The van der Waals surface area contributed by atoms with Crippen molar-refractivity contribution in [3.63, 3.8) is 0 Å². The van der Waals surface area contributed by atoms with Crippen LogP contribution in [-0.4, -0.2) is 30.5 Å². The van der Waals surface area contributed by atoms with Crippen molar-refractivity contribution in [1.82, 2.24) is 0 Å². The van der Waals surface area contributed by atoms with Crippen molar-refractivity contribution in [2.75, 3.05) is 11.0 Å². The Labute approximate surface area is 165 Å². The number of alkyl halides is 1. The summed E-state index contributed by atoms with van der Waals surface area (Å²) in [6.07, 6.45) is 6.52. The molecule has 0 spiro atoms. The minimum Gasteiger partial charge on any atom is -0.370 e. The maximum atomic E-state index is 12.1. The number of carbonyl (C=O) groups is 1. The molecule has 3 atom stereocenters. The fourth-order valence-electron chi connectivity index (χ4n) is 4.35. The Balaban J connectivity index is 1.89. The van der Waals surface area contributed by atoms with Crippen LogP contribution in [-0.2, 0) is 9.53 Å². The summed E-state index contributed by atoms with van der Waals surface area (Å²) in [6, 6.07) is 10.7. The predicted octanol–water partition coefficient (Wildman–Crippen LogP) is 4.44. The zero-order chi connectivity index (χ0) is 18.1. The van der Waals surface area contributed by atoms with E-state index < -0.39 is 8.07 Å². The lowest BCUT2D eigenvalue weighted by Crippen LogP contribution is -2.48. The van der Waals surface area contributed by atoms with Crippen molar-refractivity contribution in [3.05, 3.63) is 54.3 Å². The van der Waals surface area contributed by atoms with Gasteiger partial charge in [-0.25, -0.2) is 0 Å². The van der Waals surface area contributed by atoms with Crippen LogP contribution in [0.25, 0.3) is 0 Å². The molecule has 2 nitrogen and oxygen atoms in total. The van der Waals surface area contributed by atoms with Gasteiger partial charge in [-0.1, -0.05) is 76.4 Å². The molecule has 25 heavy (non-hydrogen) atoms. The number of halogens is 1. The molecule has 2 aliphatic rings. The molecule has 0 aromatic heterocycles. The number of benzene rings is 1. The Kier molecular flexibility index (Phi) is 5.71. The second kappa shape index (κ2) is 7.49. The first-order chi connectivity index (χ1) is 11.9. The third kappa shape index (κ3) is 3.58. The second-order valence-electron chi connectivity index (χ2n) is 7.79. The zero-order valence-corrected chi connectivity index (χ0v) is 18.3. The Morgan fingerprint density at radius 3 is 2.76 bits per heavy atom. The van der Waals surface area contributed by atoms with Crippen LogP contribution in [0.15, 0.2) is 54.3 Å². The van der Waals surface area contributed by atoms with Crippen LogP contribution in [0, 0.1) is 11.8 Å². The third-order valence-corrected chi connectivity index (χ3v) is 10.6. The molecule has 1 aromatic carbocycles. The van der Waals surface area contributed by atoms with Gasteiger partial charge >= 0.3 is 0 Å². The van der Waals surface area contributed by atoms with Gasteiger partial charge in [-0.05, 0) is 29.4 Å². The highest BCUT2D eigenvalue weighted by molar-refractivity contribution is 14.1. The first-order valence-electron chi connectivity index (χ1n) is 9.07. The van der Waals surface area contributed by atoms with Crippen molar-refractivity contribution >= 4 is 41.6 Å². The van der Waals surface area contributed by atoms with E-state index in [4.69, 9.17) is 4.74 Å². The molecule has 0 unspecified atom stereocenters. The highest BCUT2D eigenvalue weighted by Crippen LogP contribution is 2.48. The number of allylic oxidation sites excluding steroid dienone is 1. The molecule has 0 saturated carbocycles. The molecule has 134 valence electrons. The van der Waals surface area contributed by atoms with Crippen LogP contribution < -0.4 is 5.19 Å². The summed E-state index contributed by atoms with van der Waals surface area (Å²) in [4.78, 5) is 12.1. The standard InChI is InChI=1S/C21H27IO2Si/c1-16(25(2,3)18-8-5-4-6-9-18)19-15-24-21(11-7-13-22)12-10-17(23)14-20(19)21/h4-6,8-10,12,19-20H,1,7,11,13-15H2,2-3H3/t19-,20+,21+/m0/s1. The Hall–Kier alpha value is -0.723. The fraction of sp³-hybridized carbons (Fsp3) is 0.476. The summed E-state index contributed by atoms with van der Waals surface area (Å²) < 4.78 is 7.50. The first-order valence-corrected chi connectivity index (χ1v) is 13.6. The number of rotatable bonds is 6. The minimum absolute atomic E-state index is 0.234. The average Bonchev–Trinajstić information content (AvgIpc) is 2.99. The van der Waals surface area contributed by atoms with Crippen molar-refractivity contribution in [3.8, 4) is 0 Å². The maximum absolute atomic E-state index is 12.1. The highest BCUT2D eigenvalue weighted by Gasteiger charge is 2.52. The molecule has 1 heterocycles. The van der Waals surface area contributed by atoms with E-state index in [0.717, 1.165) is 17.3 Å². The third-order valence-electron chi connectivity index (χ3n) is 6.06. The van der Waals surface area contributed by atoms with Crippen LogP contribution >= 0.6 is 22.6 Å². The largest absolute Gasteiger partial charge is 0.370 e. The number of hydrogen-bond donors (Lipinski definition) is 0. The molecular formula is C21H27IO2Si. The van der Waals surface area contributed by atoms with Crippen LogP contribution in [0.3, 0.4) is 0 Å². The van der Waals surface area contributed by atoms with Crippen LogP contribution in [0.2, 0.25) is 13.1 Å². The first kappa shape index (κ1) is 19.0. The van der Waals surface area contributed by atoms with Gasteiger partial charge in [-0.3, -0.25) is 4.79 Å². The fourth-order valence-corrected chi connectivity index (χ4v) is 7.33. The van der Waals surface area contributed by atoms with Gasteiger partial charge < -0.3 is 4.74 Å². The van der Waals surface area contributed by atoms with E-state index in [0.29, 0.717) is 13.0 Å². The van der Waals surface area contributed by atoms with Gasteiger partial charge in [0.2, 0.25) is 0 Å². The van der Waals surface area contributed by atoms with Gasteiger partial charge in [0.15, 0.2) is 5.78 Å². The average molecular weight is 466 g/mol. The molecule has 1 aliphatic carbocycles. The van der Waals surface area contributed by atoms with E-state index in [1.807, 2.05) is 0 Å². The van der Waals surface area contributed by atoms with Crippen LogP contribution in [0.4, 0.5) is 0 Å². The summed E-state index contributed by atoms with van der Waals surface area (Å²) in [6.45, 7) is 10.00. The maximum Gasteiger partial charge on any atom is 0.155 e.